The lowest BCUT2D eigenvalue weighted by Crippen LogP contribution is -2.50. The standard InChI is InChI=1S/C25H15ClF10N4O3/c26-17-7-14(22(27,23(28,29)30)24(31,32)33)8-18(43-25(34,35)36)19(17)40-10-13(9-38-40)15-3-1-2-4-16(15)20(42)39(12-41)21(11-37)5-6-21/h1-4,7-10,41H,5-6,12H2. The Bertz CT molecular complexity index is 1580. The van der Waals surface area contributed by atoms with E-state index in [0.29, 0.717) is 4.68 Å². The summed E-state index contributed by atoms with van der Waals surface area (Å²) < 4.78 is 138. The number of carbonyl (C=O) groups is 1. The molecule has 230 valence electrons. The quantitative estimate of drug-likeness (QED) is 0.225. The van der Waals surface area contributed by atoms with Crippen molar-refractivity contribution in [3.05, 3.63) is 64.9 Å². The van der Waals surface area contributed by atoms with E-state index in [9.17, 15) is 59.1 Å². The molecule has 0 saturated heterocycles. The average Bonchev–Trinajstić information content (AvgIpc) is 3.53. The van der Waals surface area contributed by atoms with Crippen molar-refractivity contribution >= 4 is 17.5 Å². The van der Waals surface area contributed by atoms with Crippen LogP contribution in [0.4, 0.5) is 43.9 Å². The van der Waals surface area contributed by atoms with Gasteiger partial charge in [-0.05, 0) is 36.6 Å². The molecule has 43 heavy (non-hydrogen) atoms. The number of amides is 1. The number of halogens is 11. The van der Waals surface area contributed by atoms with Gasteiger partial charge in [-0.3, -0.25) is 9.69 Å². The van der Waals surface area contributed by atoms with Crippen LogP contribution >= 0.6 is 11.6 Å². The number of ether oxygens (including phenoxy) is 1. The Hall–Kier alpha value is -4.04. The van der Waals surface area contributed by atoms with Crippen LogP contribution in [0.25, 0.3) is 16.8 Å². The minimum Gasteiger partial charge on any atom is -0.403 e. The fourth-order valence-electron chi connectivity index (χ4n) is 4.29. The number of hydrogen-bond acceptors (Lipinski definition) is 5. The van der Waals surface area contributed by atoms with E-state index in [1.165, 1.54) is 24.3 Å². The molecule has 1 aliphatic rings. The summed E-state index contributed by atoms with van der Waals surface area (Å²) in [6.45, 7) is -0.827. The summed E-state index contributed by atoms with van der Waals surface area (Å²) in [6.07, 6.45) is -16.5. The summed E-state index contributed by atoms with van der Waals surface area (Å²) in [5.74, 6) is -2.55. The van der Waals surface area contributed by atoms with Gasteiger partial charge in [-0.25, -0.2) is 9.07 Å². The Morgan fingerprint density at radius 3 is 2.19 bits per heavy atom. The van der Waals surface area contributed by atoms with Crippen LogP contribution in [0.1, 0.15) is 28.8 Å². The molecule has 0 bridgehead atoms. The van der Waals surface area contributed by atoms with Crippen LogP contribution in [-0.2, 0) is 5.67 Å². The first-order chi connectivity index (χ1) is 19.8. The number of benzene rings is 2. The van der Waals surface area contributed by atoms with Crippen LogP contribution in [0.2, 0.25) is 5.02 Å². The van der Waals surface area contributed by atoms with Gasteiger partial charge in [0.2, 0.25) is 0 Å². The van der Waals surface area contributed by atoms with Gasteiger partial charge < -0.3 is 9.84 Å². The average molecular weight is 645 g/mol. The van der Waals surface area contributed by atoms with E-state index in [2.05, 4.69) is 9.84 Å². The number of hydrogen-bond donors (Lipinski definition) is 1. The molecule has 0 radical (unpaired) electrons. The van der Waals surface area contributed by atoms with Crippen molar-refractivity contribution in [2.75, 3.05) is 6.73 Å². The molecule has 1 aromatic heterocycles. The minimum absolute atomic E-state index is 0.0211. The smallest absolute Gasteiger partial charge is 0.403 e. The second-order valence-corrected chi connectivity index (χ2v) is 9.65. The van der Waals surface area contributed by atoms with Gasteiger partial charge in [0, 0.05) is 22.9 Å². The predicted octanol–water partition coefficient (Wildman–Crippen LogP) is 6.83. The molecule has 1 saturated carbocycles. The maximum Gasteiger partial charge on any atom is 0.573 e. The highest BCUT2D eigenvalue weighted by Crippen LogP contribution is 2.55. The third-order valence-electron chi connectivity index (χ3n) is 6.55. The lowest BCUT2D eigenvalue weighted by molar-refractivity contribution is -0.348. The van der Waals surface area contributed by atoms with E-state index in [4.69, 9.17) is 11.6 Å². The molecule has 0 unspecified atom stereocenters. The molecule has 1 fully saturated rings. The van der Waals surface area contributed by atoms with Crippen LogP contribution in [0, 0.1) is 11.3 Å². The molecule has 1 aliphatic carbocycles. The van der Waals surface area contributed by atoms with Crippen molar-refractivity contribution < 1.29 is 58.5 Å². The first-order valence-corrected chi connectivity index (χ1v) is 12.1. The number of aliphatic hydroxyl groups excluding tert-OH is 1. The number of nitriles is 1. The van der Waals surface area contributed by atoms with E-state index in [-0.39, 0.29) is 35.6 Å². The van der Waals surface area contributed by atoms with Crippen molar-refractivity contribution in [3.63, 3.8) is 0 Å². The van der Waals surface area contributed by atoms with Crippen molar-refractivity contribution in [3.8, 4) is 28.6 Å². The Kier molecular flexibility index (Phi) is 7.86. The zero-order chi connectivity index (χ0) is 32.2. The topological polar surface area (TPSA) is 91.4 Å². The molecule has 1 N–H and O–H groups in total. The van der Waals surface area contributed by atoms with E-state index in [0.717, 1.165) is 17.3 Å². The first kappa shape index (κ1) is 31.9. The molecule has 1 heterocycles. The van der Waals surface area contributed by atoms with Gasteiger partial charge in [0.1, 0.15) is 18.0 Å². The molecule has 4 rings (SSSR count). The van der Waals surface area contributed by atoms with Crippen LogP contribution in [0.3, 0.4) is 0 Å². The Labute approximate surface area is 239 Å². The summed E-state index contributed by atoms with van der Waals surface area (Å²) in [4.78, 5) is 14.2. The molecule has 7 nitrogen and oxygen atoms in total. The molecule has 18 heteroatoms. The predicted molar refractivity (Wildman–Crippen MR) is 126 cm³/mol. The summed E-state index contributed by atoms with van der Waals surface area (Å²) in [5, 5.41) is 21.7. The van der Waals surface area contributed by atoms with Gasteiger partial charge in [-0.1, -0.05) is 29.8 Å². The van der Waals surface area contributed by atoms with Crippen LogP contribution in [-0.4, -0.2) is 56.7 Å². The third kappa shape index (κ3) is 5.68. The highest BCUT2D eigenvalue weighted by atomic mass is 35.5. The number of carbonyl (C=O) groups excluding carboxylic acids is 1. The SMILES string of the molecule is N#CC1(N(CO)C(=O)c2ccccc2-c2cnn(-c3c(Cl)cc(C(F)(C(F)(F)F)C(F)(F)F)cc3OC(F)(F)F)c2)CC1. The Balaban J connectivity index is 1.85. The van der Waals surface area contributed by atoms with Gasteiger partial charge in [0.05, 0.1) is 17.3 Å². The fraction of sp³-hybridized carbons (Fsp3) is 0.320. The number of nitrogens with zero attached hydrogens (tertiary/aromatic N) is 4. The molecular weight excluding hydrogens is 630 g/mol. The minimum atomic E-state index is -6.66. The van der Waals surface area contributed by atoms with E-state index in [1.807, 2.05) is 6.07 Å². The van der Waals surface area contributed by atoms with Crippen molar-refractivity contribution in [2.24, 2.45) is 0 Å². The van der Waals surface area contributed by atoms with Crippen molar-refractivity contribution in [1.29, 1.82) is 5.26 Å². The molecule has 0 spiro atoms. The third-order valence-corrected chi connectivity index (χ3v) is 6.84. The number of rotatable bonds is 7. The molecular formula is C25H15ClF10N4O3. The second-order valence-electron chi connectivity index (χ2n) is 9.24. The molecule has 2 aromatic carbocycles. The highest BCUT2D eigenvalue weighted by molar-refractivity contribution is 6.32. The Morgan fingerprint density at radius 1 is 1.07 bits per heavy atom. The lowest BCUT2D eigenvalue weighted by atomic mass is 9.93. The summed E-state index contributed by atoms with van der Waals surface area (Å²) in [5.41, 5.74) is -10.8. The maximum absolute atomic E-state index is 14.7. The van der Waals surface area contributed by atoms with Gasteiger partial charge in [0.15, 0.2) is 5.75 Å². The van der Waals surface area contributed by atoms with Crippen molar-refractivity contribution in [1.82, 2.24) is 14.7 Å². The zero-order valence-corrected chi connectivity index (χ0v) is 21.7. The molecule has 0 aliphatic heterocycles. The number of aromatic nitrogens is 2. The normalized spacial score (nSPS) is 15.1. The van der Waals surface area contributed by atoms with Gasteiger partial charge in [-0.15, -0.1) is 13.2 Å². The van der Waals surface area contributed by atoms with E-state index < -0.39 is 70.6 Å². The van der Waals surface area contributed by atoms with Gasteiger partial charge in [-0.2, -0.15) is 36.7 Å². The maximum atomic E-state index is 14.7. The lowest BCUT2D eigenvalue weighted by Gasteiger charge is -2.31. The molecule has 1 amide bonds. The highest BCUT2D eigenvalue weighted by Gasteiger charge is 2.73. The summed E-state index contributed by atoms with van der Waals surface area (Å²) in [7, 11) is 0. The van der Waals surface area contributed by atoms with Crippen LogP contribution in [0.5, 0.6) is 5.75 Å². The fourth-order valence-corrected chi connectivity index (χ4v) is 4.59. The van der Waals surface area contributed by atoms with E-state index >= 15 is 0 Å². The van der Waals surface area contributed by atoms with Gasteiger partial charge >= 0.3 is 24.4 Å². The zero-order valence-electron chi connectivity index (χ0n) is 21.0. The summed E-state index contributed by atoms with van der Waals surface area (Å²) >= 11 is 5.85. The van der Waals surface area contributed by atoms with Gasteiger partial charge in [0.25, 0.3) is 5.91 Å². The number of alkyl halides is 10. The summed E-state index contributed by atoms with van der Waals surface area (Å²) in [6, 6.07) is 6.88. The Morgan fingerprint density at radius 2 is 1.67 bits per heavy atom. The second kappa shape index (κ2) is 10.6. The monoisotopic (exact) mass is 644 g/mol. The molecule has 0 atom stereocenters. The number of aliphatic hydroxyl groups is 1. The van der Waals surface area contributed by atoms with Crippen molar-refractivity contribution in [2.45, 2.75) is 42.8 Å². The van der Waals surface area contributed by atoms with E-state index in [1.54, 1.807) is 0 Å². The first-order valence-electron chi connectivity index (χ1n) is 11.7. The van der Waals surface area contributed by atoms with Crippen LogP contribution < -0.4 is 4.74 Å². The largest absolute Gasteiger partial charge is 0.573 e. The van der Waals surface area contributed by atoms with Crippen LogP contribution in [0.15, 0.2) is 48.8 Å². The molecule has 3 aromatic rings.